The van der Waals surface area contributed by atoms with Gasteiger partial charge in [0.15, 0.2) is 0 Å². The number of benzene rings is 1. The number of nitrogens with one attached hydrogen (secondary N) is 1. The van der Waals surface area contributed by atoms with Crippen molar-refractivity contribution in [3.05, 3.63) is 34.6 Å². The highest BCUT2D eigenvalue weighted by Gasteiger charge is 2.50. The van der Waals surface area contributed by atoms with Crippen LogP contribution in [0.2, 0.25) is 5.02 Å². The molecular weight excluding hydrogens is 249 g/mol. The Bertz CT molecular complexity index is 434. The minimum absolute atomic E-state index is 0.0737. The van der Waals surface area contributed by atoms with E-state index >= 15 is 0 Å². The normalized spacial score (nSPS) is 20.5. The van der Waals surface area contributed by atoms with Crippen molar-refractivity contribution in [3.8, 4) is 0 Å². The Morgan fingerprint density at radius 1 is 1.33 bits per heavy atom. The Hall–Kier alpha value is -0.600. The first-order chi connectivity index (χ1) is 8.38. The van der Waals surface area contributed by atoms with E-state index in [-0.39, 0.29) is 11.2 Å². The van der Waals surface area contributed by atoms with Crippen molar-refractivity contribution in [1.82, 2.24) is 5.32 Å². The molecule has 0 saturated heterocycles. The summed E-state index contributed by atoms with van der Waals surface area (Å²) in [6, 6.07) is 4.79. The Balaban J connectivity index is 2.30. The molecule has 1 saturated carbocycles. The second kappa shape index (κ2) is 4.82. The lowest BCUT2D eigenvalue weighted by atomic mass is 9.52. The lowest BCUT2D eigenvalue weighted by Crippen LogP contribution is -2.52. The molecule has 1 aromatic rings. The highest BCUT2D eigenvalue weighted by molar-refractivity contribution is 6.31. The summed E-state index contributed by atoms with van der Waals surface area (Å²) in [5.41, 5.74) is 1.52. The minimum Gasteiger partial charge on any atom is -0.316 e. The molecule has 0 spiro atoms. The molecule has 1 fully saturated rings. The van der Waals surface area contributed by atoms with Gasteiger partial charge in [0.1, 0.15) is 5.82 Å². The molecule has 1 aromatic carbocycles. The fourth-order valence-corrected chi connectivity index (χ4v) is 3.84. The summed E-state index contributed by atoms with van der Waals surface area (Å²) in [5.74, 6) is -0.263. The van der Waals surface area contributed by atoms with Crippen molar-refractivity contribution in [2.45, 2.75) is 39.0 Å². The molecule has 100 valence electrons. The van der Waals surface area contributed by atoms with Crippen molar-refractivity contribution in [2.75, 3.05) is 13.1 Å². The topological polar surface area (TPSA) is 12.0 Å². The van der Waals surface area contributed by atoms with E-state index in [0.29, 0.717) is 10.4 Å². The summed E-state index contributed by atoms with van der Waals surface area (Å²) in [7, 11) is 0. The van der Waals surface area contributed by atoms with Gasteiger partial charge in [0.05, 0.1) is 0 Å². The standard InChI is InChI=1S/C15H21ClFN/c1-4-18-10-15(8-14(2,3)9-15)12-6-5-11(17)7-13(12)16/h5-7,18H,4,8-10H2,1-3H3. The van der Waals surface area contributed by atoms with Crippen LogP contribution in [-0.4, -0.2) is 13.1 Å². The van der Waals surface area contributed by atoms with Gasteiger partial charge in [0, 0.05) is 17.0 Å². The van der Waals surface area contributed by atoms with Gasteiger partial charge in [-0.1, -0.05) is 38.4 Å². The fraction of sp³-hybridized carbons (Fsp3) is 0.600. The Morgan fingerprint density at radius 2 is 2.00 bits per heavy atom. The molecular formula is C15H21ClFN. The van der Waals surface area contributed by atoms with E-state index in [1.165, 1.54) is 12.1 Å². The van der Waals surface area contributed by atoms with Crippen LogP contribution in [-0.2, 0) is 5.41 Å². The summed E-state index contributed by atoms with van der Waals surface area (Å²) in [5, 5.41) is 3.98. The van der Waals surface area contributed by atoms with Crippen LogP contribution in [0.5, 0.6) is 0 Å². The molecule has 0 bridgehead atoms. The highest BCUT2D eigenvalue weighted by atomic mass is 35.5. The van der Waals surface area contributed by atoms with E-state index in [9.17, 15) is 4.39 Å². The monoisotopic (exact) mass is 269 g/mol. The van der Waals surface area contributed by atoms with Gasteiger partial charge in [-0.05, 0) is 42.5 Å². The molecule has 0 amide bonds. The number of hydrogen-bond acceptors (Lipinski definition) is 1. The van der Waals surface area contributed by atoms with Gasteiger partial charge in [-0.2, -0.15) is 0 Å². The average molecular weight is 270 g/mol. The second-order valence-electron chi connectivity index (χ2n) is 6.20. The molecule has 1 nitrogen and oxygen atoms in total. The zero-order valence-corrected chi connectivity index (χ0v) is 12.1. The SMILES string of the molecule is CCNCC1(c2ccc(F)cc2Cl)CC(C)(C)C1. The van der Waals surface area contributed by atoms with E-state index in [1.54, 1.807) is 0 Å². The van der Waals surface area contributed by atoms with Gasteiger partial charge >= 0.3 is 0 Å². The van der Waals surface area contributed by atoms with Gasteiger partial charge in [-0.25, -0.2) is 4.39 Å². The van der Waals surface area contributed by atoms with Crippen molar-refractivity contribution in [2.24, 2.45) is 5.41 Å². The van der Waals surface area contributed by atoms with Crippen LogP contribution >= 0.6 is 11.6 Å². The maximum absolute atomic E-state index is 13.2. The van der Waals surface area contributed by atoms with E-state index < -0.39 is 0 Å². The number of rotatable bonds is 4. The molecule has 1 aliphatic carbocycles. The second-order valence-corrected chi connectivity index (χ2v) is 6.61. The Labute approximate surface area is 114 Å². The van der Waals surface area contributed by atoms with Crippen LogP contribution in [0.4, 0.5) is 4.39 Å². The van der Waals surface area contributed by atoms with Crippen LogP contribution in [0, 0.1) is 11.2 Å². The molecule has 1 N–H and O–H groups in total. The van der Waals surface area contributed by atoms with E-state index in [0.717, 1.165) is 31.5 Å². The predicted molar refractivity (Wildman–Crippen MR) is 74.6 cm³/mol. The lowest BCUT2D eigenvalue weighted by molar-refractivity contribution is 0.0568. The van der Waals surface area contributed by atoms with Gasteiger partial charge in [0.2, 0.25) is 0 Å². The molecule has 18 heavy (non-hydrogen) atoms. The lowest BCUT2D eigenvalue weighted by Gasteiger charge is -2.54. The van der Waals surface area contributed by atoms with Crippen LogP contribution < -0.4 is 5.32 Å². The third-order valence-electron chi connectivity index (χ3n) is 3.85. The molecule has 1 aliphatic rings. The third kappa shape index (κ3) is 2.55. The van der Waals surface area contributed by atoms with E-state index in [4.69, 9.17) is 11.6 Å². The minimum atomic E-state index is -0.263. The number of hydrogen-bond donors (Lipinski definition) is 1. The van der Waals surface area contributed by atoms with Gasteiger partial charge in [0.25, 0.3) is 0 Å². The van der Waals surface area contributed by atoms with Crippen molar-refractivity contribution in [1.29, 1.82) is 0 Å². The van der Waals surface area contributed by atoms with E-state index in [1.807, 2.05) is 6.07 Å². The van der Waals surface area contributed by atoms with Gasteiger partial charge in [-0.15, -0.1) is 0 Å². The first kappa shape index (κ1) is 13.8. The number of halogens is 2. The molecule has 0 unspecified atom stereocenters. The van der Waals surface area contributed by atoms with E-state index in [2.05, 4.69) is 26.1 Å². The van der Waals surface area contributed by atoms with Gasteiger partial charge in [-0.3, -0.25) is 0 Å². The summed E-state index contributed by atoms with van der Waals surface area (Å²) in [6.45, 7) is 8.51. The third-order valence-corrected chi connectivity index (χ3v) is 4.16. The molecule has 0 aromatic heterocycles. The molecule has 0 heterocycles. The maximum Gasteiger partial charge on any atom is 0.124 e. The smallest absolute Gasteiger partial charge is 0.124 e. The zero-order chi connectivity index (χ0) is 13.4. The molecule has 0 atom stereocenters. The molecule has 0 radical (unpaired) electrons. The van der Waals surface area contributed by atoms with Crippen LogP contribution in [0.25, 0.3) is 0 Å². The van der Waals surface area contributed by atoms with Crippen LogP contribution in [0.3, 0.4) is 0 Å². The van der Waals surface area contributed by atoms with Gasteiger partial charge < -0.3 is 5.32 Å². The van der Waals surface area contributed by atoms with Crippen molar-refractivity contribution >= 4 is 11.6 Å². The van der Waals surface area contributed by atoms with Crippen molar-refractivity contribution in [3.63, 3.8) is 0 Å². The summed E-state index contributed by atoms with van der Waals surface area (Å²) in [4.78, 5) is 0. The molecule has 0 aliphatic heterocycles. The quantitative estimate of drug-likeness (QED) is 0.866. The van der Waals surface area contributed by atoms with Crippen molar-refractivity contribution < 1.29 is 4.39 Å². The zero-order valence-electron chi connectivity index (χ0n) is 11.3. The summed E-state index contributed by atoms with van der Waals surface area (Å²) >= 11 is 6.23. The first-order valence-electron chi connectivity index (χ1n) is 6.55. The largest absolute Gasteiger partial charge is 0.316 e. The Kier molecular flexibility index (Phi) is 3.70. The fourth-order valence-electron chi connectivity index (χ4n) is 3.47. The number of likely N-dealkylation sites (N-methyl/N-ethyl adjacent to an activating group) is 1. The first-order valence-corrected chi connectivity index (χ1v) is 6.93. The van der Waals surface area contributed by atoms with Crippen LogP contribution in [0.1, 0.15) is 39.2 Å². The molecule has 3 heteroatoms. The highest BCUT2D eigenvalue weighted by Crippen LogP contribution is 2.56. The maximum atomic E-state index is 13.2. The Morgan fingerprint density at radius 3 is 2.50 bits per heavy atom. The summed E-state index contributed by atoms with van der Waals surface area (Å²) < 4.78 is 13.2. The average Bonchev–Trinajstić information content (AvgIpc) is 2.23. The van der Waals surface area contributed by atoms with Crippen LogP contribution in [0.15, 0.2) is 18.2 Å². The summed E-state index contributed by atoms with van der Waals surface area (Å²) in [6.07, 6.45) is 2.19. The molecule has 2 rings (SSSR count). The predicted octanol–water partition coefficient (Wildman–Crippen LogP) is 4.15.